The van der Waals surface area contributed by atoms with Crippen molar-refractivity contribution in [1.29, 1.82) is 0 Å². The van der Waals surface area contributed by atoms with Crippen LogP contribution in [0.25, 0.3) is 0 Å². The minimum absolute atomic E-state index is 0.444. The lowest BCUT2D eigenvalue weighted by Crippen LogP contribution is -2.48. The Hall–Kier alpha value is -2.31. The number of anilines is 1. The van der Waals surface area contributed by atoms with E-state index in [0.717, 1.165) is 12.2 Å². The quantitative estimate of drug-likeness (QED) is 0.293. The highest BCUT2D eigenvalue weighted by Crippen LogP contribution is 1.97. The van der Waals surface area contributed by atoms with Crippen molar-refractivity contribution in [2.75, 3.05) is 11.3 Å². The Bertz CT molecular complexity index is 472. The Labute approximate surface area is 91.9 Å². The largest absolute Gasteiger partial charge is 0.463 e. The molecule has 7 heteroatoms. The number of hydrogen-bond donors (Lipinski definition) is 3. The molecule has 0 aliphatic rings. The lowest BCUT2D eigenvalue weighted by Gasteiger charge is -1.92. The molecule has 0 saturated carbocycles. The van der Waals surface area contributed by atoms with Crippen molar-refractivity contribution in [2.45, 2.75) is 13.3 Å². The van der Waals surface area contributed by atoms with E-state index in [1.54, 1.807) is 24.6 Å². The highest BCUT2D eigenvalue weighted by atomic mass is 16.3. The van der Waals surface area contributed by atoms with Crippen LogP contribution in [0.2, 0.25) is 0 Å². The van der Waals surface area contributed by atoms with Crippen LogP contribution >= 0.6 is 0 Å². The average molecular weight is 221 g/mol. The Morgan fingerprint density at radius 1 is 1.75 bits per heavy atom. The fourth-order valence-electron chi connectivity index (χ4n) is 1.20. The van der Waals surface area contributed by atoms with E-state index < -0.39 is 0 Å². The van der Waals surface area contributed by atoms with Gasteiger partial charge < -0.3 is 4.42 Å². The molecule has 0 bridgehead atoms. The van der Waals surface area contributed by atoms with Crippen molar-refractivity contribution < 1.29 is 9.09 Å². The summed E-state index contributed by atoms with van der Waals surface area (Å²) >= 11 is 0. The molecule has 4 N–H and O–H groups in total. The molecule has 0 saturated heterocycles. The second-order valence-electron chi connectivity index (χ2n) is 3.10. The lowest BCUT2D eigenvalue weighted by atomic mass is 10.5. The van der Waals surface area contributed by atoms with Crippen LogP contribution < -0.4 is 15.9 Å². The highest BCUT2D eigenvalue weighted by molar-refractivity contribution is 5.76. The lowest BCUT2D eigenvalue weighted by molar-refractivity contribution is -0.632. The molecule has 2 heterocycles. The average Bonchev–Trinajstić information content (AvgIpc) is 2.90. The standard InChI is InChI=1S/C9H12N6O/c1-2-8-12-14-9(15(8)10)13-11-6-7-4-3-5-16-7/h3-6H,2,10H2,1H3,(H,13,14)/p+1. The summed E-state index contributed by atoms with van der Waals surface area (Å²) in [5.41, 5.74) is 2.71. The normalized spacial score (nSPS) is 11.1. The number of nitrogen functional groups attached to an aromatic ring is 1. The van der Waals surface area contributed by atoms with Gasteiger partial charge in [0.2, 0.25) is 5.82 Å². The van der Waals surface area contributed by atoms with Gasteiger partial charge in [0, 0.05) is 11.5 Å². The van der Waals surface area contributed by atoms with Gasteiger partial charge in [-0.3, -0.25) is 5.84 Å². The summed E-state index contributed by atoms with van der Waals surface area (Å²) in [6.07, 6.45) is 3.89. The number of aromatic amines is 1. The Morgan fingerprint density at radius 3 is 3.25 bits per heavy atom. The third-order valence-corrected chi connectivity index (χ3v) is 2.04. The fourth-order valence-corrected chi connectivity index (χ4v) is 1.20. The number of aromatic nitrogens is 3. The molecule has 2 aromatic rings. The third kappa shape index (κ3) is 2.02. The molecule has 2 rings (SSSR count). The molecule has 0 amide bonds. The number of furan rings is 1. The smallest absolute Gasteiger partial charge is 0.421 e. The molecular formula is C9H13N6O+. The van der Waals surface area contributed by atoms with E-state index in [0.29, 0.717) is 11.7 Å². The molecule has 84 valence electrons. The molecule has 16 heavy (non-hydrogen) atoms. The van der Waals surface area contributed by atoms with Crippen LogP contribution in [0.4, 0.5) is 5.95 Å². The number of hydrazone groups is 1. The summed E-state index contributed by atoms with van der Waals surface area (Å²) in [4.78, 5) is 0. The van der Waals surface area contributed by atoms with Crippen LogP contribution in [0.15, 0.2) is 27.9 Å². The van der Waals surface area contributed by atoms with Gasteiger partial charge in [0.15, 0.2) is 0 Å². The van der Waals surface area contributed by atoms with Gasteiger partial charge in [0.25, 0.3) is 0 Å². The molecule has 0 atom stereocenters. The minimum Gasteiger partial charge on any atom is -0.463 e. The number of nitrogens with one attached hydrogen (secondary N) is 2. The maximum atomic E-state index is 5.74. The van der Waals surface area contributed by atoms with E-state index in [-0.39, 0.29) is 0 Å². The monoisotopic (exact) mass is 221 g/mol. The molecule has 0 unspecified atom stereocenters. The van der Waals surface area contributed by atoms with E-state index in [9.17, 15) is 0 Å². The molecule has 2 aromatic heterocycles. The maximum absolute atomic E-state index is 5.74. The van der Waals surface area contributed by atoms with Gasteiger partial charge in [-0.15, -0.1) is 9.78 Å². The molecule has 0 spiro atoms. The minimum atomic E-state index is 0.444. The van der Waals surface area contributed by atoms with Crippen molar-refractivity contribution >= 4 is 12.2 Å². The van der Waals surface area contributed by atoms with Gasteiger partial charge in [-0.05, 0) is 12.1 Å². The first-order valence-corrected chi connectivity index (χ1v) is 4.88. The topological polar surface area (TPSA) is 96.1 Å². The SMILES string of the molecule is CCc1[nH]nc(NN=Cc2ccco2)[n+]1N. The van der Waals surface area contributed by atoms with Gasteiger partial charge in [-0.1, -0.05) is 6.92 Å². The molecule has 7 nitrogen and oxygen atoms in total. The fraction of sp³-hybridized carbons (Fsp3) is 0.222. The van der Waals surface area contributed by atoms with Crippen molar-refractivity contribution in [3.05, 3.63) is 30.0 Å². The van der Waals surface area contributed by atoms with Crippen molar-refractivity contribution in [3.8, 4) is 0 Å². The van der Waals surface area contributed by atoms with Crippen molar-refractivity contribution in [1.82, 2.24) is 10.2 Å². The summed E-state index contributed by atoms with van der Waals surface area (Å²) in [6.45, 7) is 1.98. The van der Waals surface area contributed by atoms with E-state index in [4.69, 9.17) is 10.3 Å². The second kappa shape index (κ2) is 4.47. The zero-order chi connectivity index (χ0) is 11.4. The number of H-pyrrole nitrogens is 1. The highest BCUT2D eigenvalue weighted by Gasteiger charge is 2.13. The van der Waals surface area contributed by atoms with Crippen LogP contribution in [-0.2, 0) is 6.42 Å². The molecule has 0 fully saturated rings. The van der Waals surface area contributed by atoms with Gasteiger partial charge in [0.1, 0.15) is 12.0 Å². The Balaban J connectivity index is 2.02. The van der Waals surface area contributed by atoms with Crippen molar-refractivity contribution in [2.24, 2.45) is 5.10 Å². The summed E-state index contributed by atoms with van der Waals surface area (Å²) in [7, 11) is 0. The van der Waals surface area contributed by atoms with Gasteiger partial charge in [-0.2, -0.15) is 10.5 Å². The number of aryl methyl sites for hydroxylation is 1. The van der Waals surface area contributed by atoms with E-state index >= 15 is 0 Å². The predicted octanol–water partition coefficient (Wildman–Crippen LogP) is 0.0124. The molecule has 0 aromatic carbocycles. The summed E-state index contributed by atoms with van der Waals surface area (Å²) in [5.74, 6) is 7.65. The Morgan fingerprint density at radius 2 is 2.62 bits per heavy atom. The molecule has 0 aliphatic heterocycles. The zero-order valence-electron chi connectivity index (χ0n) is 8.84. The van der Waals surface area contributed by atoms with Gasteiger partial charge in [-0.25, -0.2) is 0 Å². The summed E-state index contributed by atoms with van der Waals surface area (Å²) in [6, 6.07) is 3.58. The van der Waals surface area contributed by atoms with Gasteiger partial charge in [0.05, 0.1) is 6.26 Å². The van der Waals surface area contributed by atoms with Gasteiger partial charge >= 0.3 is 5.95 Å². The molecular weight excluding hydrogens is 208 g/mol. The van der Waals surface area contributed by atoms with Crippen LogP contribution in [0, 0.1) is 0 Å². The maximum Gasteiger partial charge on any atom is 0.421 e. The van der Waals surface area contributed by atoms with E-state index in [1.165, 1.54) is 4.68 Å². The number of nitrogens with two attached hydrogens (primary N) is 1. The van der Waals surface area contributed by atoms with Crippen LogP contribution in [0.5, 0.6) is 0 Å². The first-order valence-electron chi connectivity index (χ1n) is 4.88. The first-order chi connectivity index (χ1) is 7.81. The number of nitrogens with zero attached hydrogens (tertiary/aromatic N) is 3. The summed E-state index contributed by atoms with van der Waals surface area (Å²) in [5, 5.41) is 10.7. The zero-order valence-corrected chi connectivity index (χ0v) is 8.84. The Kier molecular flexibility index (Phi) is 2.86. The number of rotatable bonds is 4. The molecule has 0 aliphatic carbocycles. The van der Waals surface area contributed by atoms with Crippen LogP contribution in [0.3, 0.4) is 0 Å². The third-order valence-electron chi connectivity index (χ3n) is 2.04. The second-order valence-corrected chi connectivity index (χ2v) is 3.10. The van der Waals surface area contributed by atoms with Crippen LogP contribution in [0.1, 0.15) is 18.5 Å². The van der Waals surface area contributed by atoms with E-state index in [2.05, 4.69) is 20.7 Å². The van der Waals surface area contributed by atoms with Crippen LogP contribution in [-0.4, -0.2) is 16.4 Å². The van der Waals surface area contributed by atoms with Crippen molar-refractivity contribution in [3.63, 3.8) is 0 Å². The summed E-state index contributed by atoms with van der Waals surface area (Å²) < 4.78 is 6.49. The number of hydrogen-bond acceptors (Lipinski definition) is 5. The van der Waals surface area contributed by atoms with E-state index in [1.807, 2.05) is 6.92 Å². The molecule has 0 radical (unpaired) electrons. The predicted molar refractivity (Wildman–Crippen MR) is 58.2 cm³/mol. The first kappa shape index (κ1) is 10.2.